The molecule has 5 N–H and O–H groups in total. The third kappa shape index (κ3) is 16.4. The van der Waals surface area contributed by atoms with Crippen molar-refractivity contribution >= 4 is 101 Å². The minimum absolute atomic E-state index is 0.0303. The lowest BCUT2D eigenvalue weighted by atomic mass is 10.1. The van der Waals surface area contributed by atoms with Gasteiger partial charge in [-0.2, -0.15) is 14.4 Å². The van der Waals surface area contributed by atoms with Crippen LogP contribution in [0.3, 0.4) is 0 Å². The Kier molecular flexibility index (Phi) is 21.7. The van der Waals surface area contributed by atoms with Crippen molar-refractivity contribution in [3.8, 4) is 67.9 Å². The van der Waals surface area contributed by atoms with Crippen LogP contribution in [0.25, 0.3) is 101 Å². The summed E-state index contributed by atoms with van der Waals surface area (Å²) in [6.07, 6.45) is 8.10. The number of benzene rings is 6. The Morgan fingerprint density at radius 1 is 0.509 bits per heavy atom. The molecule has 31 nitrogen and oxygen atoms in total. The number of fused-ring (bicyclic) bond motifs is 3. The number of aromatic nitrogens is 18. The number of anilines is 3. The second-order valence-corrected chi connectivity index (χ2v) is 28.2. The quantitative estimate of drug-likeness (QED) is 0.0332. The van der Waals surface area contributed by atoms with E-state index in [1.54, 1.807) is 69.7 Å². The SMILES string of the molecule is COC(=O)c1cnc(N(Cc2ccccc2)Cc2ccccc2)c2c1cc(-c1cccc(-c3nnn(C)n3)c1)n2S(=O)(=O)c1ccccc1.COC(=O)c1cnc(N)c2[nH]c(-c3cccc(-c4nnn(C)n4)c3)cc12.COC(=O)c1cnc(NC(=O)C2CC2)c2[nH]c(-c3cccc(-c4nnn(C)n4)c3)cc12.O=C(Cl)C1CC1. The number of hydrogen-bond donors (Lipinski definition) is 4. The van der Waals surface area contributed by atoms with Gasteiger partial charge in [-0.1, -0.05) is 133 Å². The first kappa shape index (κ1) is 74.8. The molecule has 6 aromatic carbocycles. The average Bonchev–Trinajstić information content (AvgIpc) is 1.56. The molecule has 0 spiro atoms. The second-order valence-electron chi connectivity index (χ2n) is 26.1. The molecule has 2 fully saturated rings. The maximum atomic E-state index is 14.9. The van der Waals surface area contributed by atoms with Crippen LogP contribution in [-0.4, -0.2) is 148 Å². The summed E-state index contributed by atoms with van der Waals surface area (Å²) in [4.78, 5) is 85.7. The van der Waals surface area contributed by atoms with Gasteiger partial charge in [-0.05, 0) is 129 Å². The molecule has 1 amide bonds. The molecule has 2 aliphatic rings. The van der Waals surface area contributed by atoms with Gasteiger partial charge in [0, 0.05) is 87.8 Å². The van der Waals surface area contributed by atoms with Gasteiger partial charge in [0.15, 0.2) is 11.6 Å². The fourth-order valence-electron chi connectivity index (χ4n) is 12.4. The lowest BCUT2D eigenvalue weighted by molar-refractivity contribution is -0.117. The number of nitrogens with two attached hydrogens (primary N) is 1. The van der Waals surface area contributed by atoms with Crippen LogP contribution in [0.1, 0.15) is 67.9 Å². The number of nitrogens with one attached hydrogen (secondary N) is 3. The van der Waals surface area contributed by atoms with Gasteiger partial charge in [0.2, 0.25) is 28.6 Å². The van der Waals surface area contributed by atoms with E-state index in [0.29, 0.717) is 103 Å². The monoisotopic (exact) mass is 1540 g/mol. The zero-order valence-electron chi connectivity index (χ0n) is 61.0. The highest BCUT2D eigenvalue weighted by molar-refractivity contribution is 7.90. The number of pyridine rings is 3. The highest BCUT2D eigenvalue weighted by Crippen LogP contribution is 2.41. The number of amides is 1. The first-order valence-corrected chi connectivity index (χ1v) is 36.8. The topological polar surface area (TPSA) is 394 Å². The summed E-state index contributed by atoms with van der Waals surface area (Å²) >= 11 is 5.04. The van der Waals surface area contributed by atoms with Gasteiger partial charge in [0.25, 0.3) is 10.0 Å². The number of carbonyl (C=O) groups excluding carboxylic acids is 5. The van der Waals surface area contributed by atoms with Crippen LogP contribution in [0.4, 0.5) is 17.5 Å². The highest BCUT2D eigenvalue weighted by Gasteiger charge is 2.33. The Bertz CT molecular complexity index is 6110. The molecule has 2 aliphatic carbocycles. The summed E-state index contributed by atoms with van der Waals surface area (Å²) in [7, 11) is 4.75. The Morgan fingerprint density at radius 2 is 0.929 bits per heavy atom. The van der Waals surface area contributed by atoms with Crippen molar-refractivity contribution in [1.82, 2.24) is 89.5 Å². The smallest absolute Gasteiger partial charge is 0.340 e. The van der Waals surface area contributed by atoms with E-state index < -0.39 is 27.9 Å². The maximum absolute atomic E-state index is 14.9. The molecule has 0 bridgehead atoms. The van der Waals surface area contributed by atoms with Gasteiger partial charge in [-0.3, -0.25) is 9.59 Å². The third-order valence-electron chi connectivity index (χ3n) is 18.3. The number of aryl methyl sites for hydroxylation is 3. The van der Waals surface area contributed by atoms with Gasteiger partial charge in [-0.15, -0.1) is 30.6 Å². The molecule has 112 heavy (non-hydrogen) atoms. The third-order valence-corrected chi connectivity index (χ3v) is 20.3. The number of methoxy groups -OCH3 is 3. The molecule has 9 aromatic heterocycles. The molecule has 33 heteroatoms. The van der Waals surface area contributed by atoms with E-state index in [2.05, 4.69) is 71.5 Å². The summed E-state index contributed by atoms with van der Waals surface area (Å²) in [6.45, 7) is 0.824. The molecule has 0 aliphatic heterocycles. The van der Waals surface area contributed by atoms with E-state index in [-0.39, 0.29) is 39.0 Å². The van der Waals surface area contributed by atoms with E-state index in [9.17, 15) is 32.4 Å². The van der Waals surface area contributed by atoms with Crippen molar-refractivity contribution in [3.63, 3.8) is 0 Å². The molecule has 564 valence electrons. The van der Waals surface area contributed by atoms with Crippen molar-refractivity contribution in [3.05, 3.63) is 228 Å². The lowest BCUT2D eigenvalue weighted by Crippen LogP contribution is -2.25. The summed E-state index contributed by atoms with van der Waals surface area (Å²) in [5, 5.41) is 41.1. The number of rotatable bonds is 19. The maximum Gasteiger partial charge on any atom is 0.340 e. The summed E-state index contributed by atoms with van der Waals surface area (Å²) in [5.41, 5.74) is 16.6. The minimum atomic E-state index is -4.28. The largest absolute Gasteiger partial charge is 0.465 e. The number of halogens is 1. The predicted molar refractivity (Wildman–Crippen MR) is 417 cm³/mol. The second kappa shape index (κ2) is 32.4. The molecule has 15 aromatic rings. The van der Waals surface area contributed by atoms with Gasteiger partial charge < -0.3 is 40.1 Å². The van der Waals surface area contributed by atoms with E-state index in [0.717, 1.165) is 70.5 Å². The molecule has 2 saturated carbocycles. The molecule has 0 atom stereocenters. The number of nitrogen functional groups attached to an aromatic ring is 1. The molecule has 17 rings (SSSR count). The zero-order valence-corrected chi connectivity index (χ0v) is 62.6. The van der Waals surface area contributed by atoms with Crippen LogP contribution >= 0.6 is 11.6 Å². The first-order valence-electron chi connectivity index (χ1n) is 35.0. The van der Waals surface area contributed by atoms with E-state index in [4.69, 9.17) is 36.5 Å². The van der Waals surface area contributed by atoms with Crippen LogP contribution in [-0.2, 0) is 68.1 Å². The van der Waals surface area contributed by atoms with Crippen LogP contribution in [0.2, 0.25) is 0 Å². The van der Waals surface area contributed by atoms with Crippen molar-refractivity contribution in [2.75, 3.05) is 37.3 Å². The molecule has 0 saturated heterocycles. The molecular formula is C79H70ClN21O10S. The number of nitrogens with zero attached hydrogens (tertiary/aromatic N) is 17. The Labute approximate surface area is 643 Å². The number of ether oxygens (including phenoxy) is 3. The van der Waals surface area contributed by atoms with Gasteiger partial charge in [0.05, 0.1) is 80.8 Å². The summed E-state index contributed by atoms with van der Waals surface area (Å²) < 4.78 is 45.9. The van der Waals surface area contributed by atoms with Crippen LogP contribution in [0, 0.1) is 11.8 Å². The molecule has 0 unspecified atom stereocenters. The van der Waals surface area contributed by atoms with E-state index >= 15 is 0 Å². The van der Waals surface area contributed by atoms with E-state index in [1.807, 2.05) is 138 Å². The Balaban J connectivity index is 0.000000142. The highest BCUT2D eigenvalue weighted by atomic mass is 35.5. The zero-order chi connectivity index (χ0) is 78.3. The molecule has 9 heterocycles. The number of esters is 3. The summed E-state index contributed by atoms with van der Waals surface area (Å²) in [6, 6.07) is 55.9. The number of tetrazole rings is 3. The number of carbonyl (C=O) groups is 5. The number of H-pyrrole nitrogens is 2. The first-order chi connectivity index (χ1) is 54.2. The lowest BCUT2D eigenvalue weighted by Gasteiger charge is -2.26. The fourth-order valence-corrected chi connectivity index (χ4v) is 14.1. The van der Waals surface area contributed by atoms with Crippen molar-refractivity contribution in [1.29, 1.82) is 0 Å². The van der Waals surface area contributed by atoms with Crippen LogP contribution in [0.5, 0.6) is 0 Å². The molecule has 0 radical (unpaired) electrons. The van der Waals surface area contributed by atoms with Crippen molar-refractivity contribution in [2.24, 2.45) is 33.0 Å². The Hall–Kier alpha value is -14.0. The van der Waals surface area contributed by atoms with Gasteiger partial charge in [0.1, 0.15) is 11.3 Å². The minimum Gasteiger partial charge on any atom is -0.465 e. The van der Waals surface area contributed by atoms with Crippen LogP contribution in [0.15, 0.2) is 205 Å². The van der Waals surface area contributed by atoms with E-state index in [1.165, 1.54) is 58.3 Å². The molecular weight excluding hydrogens is 1470 g/mol. The van der Waals surface area contributed by atoms with Gasteiger partial charge >= 0.3 is 17.9 Å². The number of aromatic amines is 2. The van der Waals surface area contributed by atoms with Crippen molar-refractivity contribution in [2.45, 2.75) is 43.7 Å². The standard InChI is InChI=1S/C37H31N7O4S.C21H19N7O3.C17H15N7O2.C4H5ClO/c1-42-40-35(39-41-42)29-18-12-17-28(21-29)33-22-31-32(37(45)48-2)23-38-36(34(31)44(33)49(46,47)30-19-10-5-11-20-30)43(24-26-13-6-3-7-14-26)25-27-15-8-4-9-16-27;1-28-26-18(25-27-28)13-5-3-4-12(8-13)16-9-14-15(21(30)31-2)10-22-19(17(14)23-16)24-20(29)11-6-7-11;1-24-22-16(21-23-24)10-5-3-4-9(6-10)13-7-11-12(17(25)26-2)8-19-15(18)14(11)20-13;5-4(6)3-1-2-3/h3-23H,24-25H2,1-2H3;3-5,8-11,23H,6-7H2,1-2H3,(H,22,24,29);3-8,20H,1-2H3,(H2,18,19);3H,1-2H2. The summed E-state index contributed by atoms with van der Waals surface area (Å²) in [5.74, 6) is 1.09. The predicted octanol–water partition coefficient (Wildman–Crippen LogP) is 11.6. The van der Waals surface area contributed by atoms with Crippen molar-refractivity contribution < 1.29 is 46.6 Å². The number of hydrogen-bond acceptors (Lipinski definition) is 24. The normalized spacial score (nSPS) is 12.4. The van der Waals surface area contributed by atoms with Gasteiger partial charge in [-0.25, -0.2) is 41.7 Å². The fraction of sp³-hybridized carbons (Fsp3) is 0.177. The van der Waals surface area contributed by atoms with Crippen LogP contribution < -0.4 is 16.0 Å². The Morgan fingerprint density at radius 3 is 1.38 bits per heavy atom. The average molecular weight is 1540 g/mol.